The van der Waals surface area contributed by atoms with Crippen molar-refractivity contribution in [3.63, 3.8) is 0 Å². The van der Waals surface area contributed by atoms with Crippen LogP contribution in [0.1, 0.15) is 40.0 Å². The van der Waals surface area contributed by atoms with Crippen LogP contribution in [-0.4, -0.2) is 35.3 Å². The van der Waals surface area contributed by atoms with Gasteiger partial charge in [0.05, 0.1) is 6.54 Å². The summed E-state index contributed by atoms with van der Waals surface area (Å²) < 4.78 is 0. The Morgan fingerprint density at radius 1 is 1.33 bits per heavy atom. The van der Waals surface area contributed by atoms with Crippen LogP contribution >= 0.6 is 0 Å². The number of hydrogen-bond acceptors (Lipinski definition) is 2. The molecule has 0 aromatic rings. The Morgan fingerprint density at radius 2 is 1.93 bits per heavy atom. The Hall–Kier alpha value is -1.06. The second-order valence-corrected chi connectivity index (χ2v) is 3.91. The van der Waals surface area contributed by atoms with Crippen LogP contribution in [0.25, 0.3) is 0 Å². The minimum Gasteiger partial charge on any atom is -0.345 e. The van der Waals surface area contributed by atoms with Crippen molar-refractivity contribution in [3.8, 4) is 0 Å². The van der Waals surface area contributed by atoms with Gasteiger partial charge in [-0.3, -0.25) is 9.59 Å². The molecule has 0 aliphatic carbocycles. The first-order valence-electron chi connectivity index (χ1n) is 5.74. The SMILES string of the molecule is CCC(CC)N1C(=O)CNC(=O)C1CC. The van der Waals surface area contributed by atoms with E-state index in [0.29, 0.717) is 6.42 Å². The summed E-state index contributed by atoms with van der Waals surface area (Å²) in [5.74, 6) is 0.0409. The lowest BCUT2D eigenvalue weighted by Crippen LogP contribution is -2.61. The van der Waals surface area contributed by atoms with Crippen molar-refractivity contribution in [1.29, 1.82) is 0 Å². The largest absolute Gasteiger partial charge is 0.345 e. The summed E-state index contributed by atoms with van der Waals surface area (Å²) in [6.45, 7) is 6.21. The van der Waals surface area contributed by atoms with E-state index in [1.165, 1.54) is 0 Å². The summed E-state index contributed by atoms with van der Waals surface area (Å²) in [5.41, 5.74) is 0. The minimum atomic E-state index is -0.267. The molecule has 1 rings (SSSR count). The topological polar surface area (TPSA) is 49.4 Å². The maximum atomic E-state index is 11.8. The number of nitrogens with one attached hydrogen (secondary N) is 1. The number of piperazine rings is 1. The lowest BCUT2D eigenvalue weighted by Gasteiger charge is -2.39. The van der Waals surface area contributed by atoms with Crippen molar-refractivity contribution in [3.05, 3.63) is 0 Å². The van der Waals surface area contributed by atoms with Crippen molar-refractivity contribution in [2.45, 2.75) is 52.1 Å². The van der Waals surface area contributed by atoms with Gasteiger partial charge >= 0.3 is 0 Å². The third kappa shape index (κ3) is 2.30. The predicted octanol–water partition coefficient (Wildman–Crippen LogP) is 0.912. The van der Waals surface area contributed by atoms with E-state index in [9.17, 15) is 9.59 Å². The summed E-state index contributed by atoms with van der Waals surface area (Å²) in [7, 11) is 0. The highest BCUT2D eigenvalue weighted by molar-refractivity contribution is 5.94. The first-order valence-corrected chi connectivity index (χ1v) is 5.74. The van der Waals surface area contributed by atoms with Gasteiger partial charge in [0.25, 0.3) is 0 Å². The molecule has 4 heteroatoms. The van der Waals surface area contributed by atoms with Gasteiger partial charge in [0, 0.05) is 6.04 Å². The smallest absolute Gasteiger partial charge is 0.243 e. The van der Waals surface area contributed by atoms with Gasteiger partial charge in [-0.05, 0) is 19.3 Å². The molecule has 1 unspecified atom stereocenters. The molecule has 1 N–H and O–H groups in total. The highest BCUT2D eigenvalue weighted by Gasteiger charge is 2.36. The first kappa shape index (κ1) is 12.0. The molecule has 0 bridgehead atoms. The van der Waals surface area contributed by atoms with Crippen LogP contribution in [0.3, 0.4) is 0 Å². The highest BCUT2D eigenvalue weighted by Crippen LogP contribution is 2.17. The second-order valence-electron chi connectivity index (χ2n) is 3.91. The molecule has 1 aliphatic heterocycles. The quantitative estimate of drug-likeness (QED) is 0.753. The summed E-state index contributed by atoms with van der Waals surface area (Å²) >= 11 is 0. The summed E-state index contributed by atoms with van der Waals surface area (Å²) in [4.78, 5) is 25.2. The minimum absolute atomic E-state index is 0.0102. The number of nitrogens with zero attached hydrogens (tertiary/aromatic N) is 1. The van der Waals surface area contributed by atoms with Gasteiger partial charge in [-0.15, -0.1) is 0 Å². The number of rotatable bonds is 4. The van der Waals surface area contributed by atoms with Crippen molar-refractivity contribution in [2.24, 2.45) is 0 Å². The van der Waals surface area contributed by atoms with E-state index in [1.54, 1.807) is 4.90 Å². The normalized spacial score (nSPS) is 22.1. The third-order valence-electron chi connectivity index (χ3n) is 3.06. The maximum Gasteiger partial charge on any atom is 0.243 e. The molecule has 4 nitrogen and oxygen atoms in total. The molecule has 86 valence electrons. The van der Waals surface area contributed by atoms with Gasteiger partial charge in [-0.1, -0.05) is 20.8 Å². The summed E-state index contributed by atoms with van der Waals surface area (Å²) in [6, 6.07) is -0.0651. The molecule has 0 aromatic heterocycles. The van der Waals surface area contributed by atoms with Crippen molar-refractivity contribution in [1.82, 2.24) is 10.2 Å². The maximum absolute atomic E-state index is 11.8. The Kier molecular flexibility index (Phi) is 4.12. The molecular formula is C11H20N2O2. The second kappa shape index (κ2) is 5.14. The van der Waals surface area contributed by atoms with Crippen LogP contribution in [0.4, 0.5) is 0 Å². The molecule has 15 heavy (non-hydrogen) atoms. The van der Waals surface area contributed by atoms with E-state index in [4.69, 9.17) is 0 Å². The van der Waals surface area contributed by atoms with Crippen LogP contribution in [0, 0.1) is 0 Å². The molecule has 2 amide bonds. The molecule has 1 fully saturated rings. The monoisotopic (exact) mass is 212 g/mol. The molecular weight excluding hydrogens is 192 g/mol. The van der Waals surface area contributed by atoms with E-state index < -0.39 is 0 Å². The average molecular weight is 212 g/mol. The van der Waals surface area contributed by atoms with Crippen LogP contribution in [-0.2, 0) is 9.59 Å². The zero-order valence-electron chi connectivity index (χ0n) is 9.75. The van der Waals surface area contributed by atoms with Gasteiger partial charge in [0.15, 0.2) is 0 Å². The zero-order chi connectivity index (χ0) is 11.4. The summed E-state index contributed by atoms with van der Waals surface area (Å²) in [5, 5.41) is 2.64. The Balaban J connectivity index is 2.87. The fourth-order valence-corrected chi connectivity index (χ4v) is 2.19. The number of amides is 2. The number of carbonyl (C=O) groups excluding carboxylic acids is 2. The van der Waals surface area contributed by atoms with E-state index >= 15 is 0 Å². The van der Waals surface area contributed by atoms with Crippen molar-refractivity contribution in [2.75, 3.05) is 6.54 Å². The van der Waals surface area contributed by atoms with Crippen LogP contribution in [0.15, 0.2) is 0 Å². The third-order valence-corrected chi connectivity index (χ3v) is 3.06. The van der Waals surface area contributed by atoms with Crippen LogP contribution in [0.2, 0.25) is 0 Å². The standard InChI is InChI=1S/C11H20N2O2/c1-4-8(5-2)13-9(6-3)11(15)12-7-10(13)14/h8-9H,4-7H2,1-3H3,(H,12,15). The van der Waals surface area contributed by atoms with Gasteiger partial charge in [0.2, 0.25) is 11.8 Å². The summed E-state index contributed by atoms with van der Waals surface area (Å²) in [6.07, 6.45) is 2.51. The molecule has 1 aliphatic rings. The molecule has 0 spiro atoms. The average Bonchev–Trinajstić information content (AvgIpc) is 2.25. The van der Waals surface area contributed by atoms with Gasteiger partial charge in [-0.2, -0.15) is 0 Å². The number of carbonyl (C=O) groups is 2. The highest BCUT2D eigenvalue weighted by atomic mass is 16.2. The van der Waals surface area contributed by atoms with Gasteiger partial charge in [0.1, 0.15) is 6.04 Å². The van der Waals surface area contributed by atoms with Crippen LogP contribution in [0.5, 0.6) is 0 Å². The van der Waals surface area contributed by atoms with Crippen molar-refractivity contribution >= 4 is 11.8 Å². The first-order chi connectivity index (χ1) is 7.15. The van der Waals surface area contributed by atoms with E-state index in [-0.39, 0.29) is 30.4 Å². The molecule has 1 saturated heterocycles. The molecule has 1 atom stereocenters. The Labute approximate surface area is 91.0 Å². The van der Waals surface area contributed by atoms with E-state index in [1.807, 2.05) is 6.92 Å². The van der Waals surface area contributed by atoms with Crippen molar-refractivity contribution < 1.29 is 9.59 Å². The lowest BCUT2D eigenvalue weighted by atomic mass is 10.0. The van der Waals surface area contributed by atoms with Crippen LogP contribution < -0.4 is 5.32 Å². The molecule has 0 saturated carbocycles. The Morgan fingerprint density at radius 3 is 2.40 bits per heavy atom. The molecule has 0 radical (unpaired) electrons. The fraction of sp³-hybridized carbons (Fsp3) is 0.818. The van der Waals surface area contributed by atoms with Gasteiger partial charge in [-0.25, -0.2) is 0 Å². The fourth-order valence-electron chi connectivity index (χ4n) is 2.19. The Bertz CT molecular complexity index is 249. The lowest BCUT2D eigenvalue weighted by molar-refractivity contribution is -0.148. The van der Waals surface area contributed by atoms with E-state index in [2.05, 4.69) is 19.2 Å². The number of hydrogen-bond donors (Lipinski definition) is 1. The van der Waals surface area contributed by atoms with E-state index in [0.717, 1.165) is 12.8 Å². The predicted molar refractivity (Wildman–Crippen MR) is 58.3 cm³/mol. The molecule has 0 aromatic carbocycles. The zero-order valence-corrected chi connectivity index (χ0v) is 9.75. The van der Waals surface area contributed by atoms with Gasteiger partial charge < -0.3 is 10.2 Å². The molecule has 1 heterocycles.